The SMILES string of the molecule is CCC1CC1CC1C(=O)C(O)CCC1(C)C. The molecule has 0 aromatic carbocycles. The van der Waals surface area contributed by atoms with E-state index in [1.165, 1.54) is 12.8 Å². The molecule has 2 aliphatic rings. The molecule has 2 heteroatoms. The summed E-state index contributed by atoms with van der Waals surface area (Å²) in [5, 5.41) is 9.69. The molecule has 2 aliphatic carbocycles. The zero-order valence-electron chi connectivity index (χ0n) is 10.7. The van der Waals surface area contributed by atoms with E-state index in [4.69, 9.17) is 0 Å². The van der Waals surface area contributed by atoms with Gasteiger partial charge in [-0.05, 0) is 42.9 Å². The molecule has 0 aromatic heterocycles. The van der Waals surface area contributed by atoms with Crippen LogP contribution in [0.1, 0.15) is 52.9 Å². The zero-order valence-corrected chi connectivity index (χ0v) is 10.7. The van der Waals surface area contributed by atoms with Crippen molar-refractivity contribution in [1.82, 2.24) is 0 Å². The van der Waals surface area contributed by atoms with Gasteiger partial charge in [-0.1, -0.05) is 27.2 Å². The summed E-state index contributed by atoms with van der Waals surface area (Å²) in [4.78, 5) is 12.0. The number of rotatable bonds is 3. The highest BCUT2D eigenvalue weighted by molar-refractivity contribution is 5.86. The van der Waals surface area contributed by atoms with Gasteiger partial charge in [-0.3, -0.25) is 4.79 Å². The van der Waals surface area contributed by atoms with Gasteiger partial charge in [-0.25, -0.2) is 0 Å². The fourth-order valence-corrected chi connectivity index (χ4v) is 3.28. The van der Waals surface area contributed by atoms with E-state index < -0.39 is 6.10 Å². The highest BCUT2D eigenvalue weighted by Gasteiger charge is 2.47. The first-order chi connectivity index (χ1) is 7.45. The summed E-state index contributed by atoms with van der Waals surface area (Å²) in [5.74, 6) is 1.81. The zero-order chi connectivity index (χ0) is 11.9. The molecule has 4 unspecified atom stereocenters. The van der Waals surface area contributed by atoms with Crippen LogP contribution in [0.4, 0.5) is 0 Å². The minimum Gasteiger partial charge on any atom is -0.385 e. The van der Waals surface area contributed by atoms with E-state index in [2.05, 4.69) is 20.8 Å². The lowest BCUT2D eigenvalue weighted by molar-refractivity contribution is -0.140. The molecule has 2 nitrogen and oxygen atoms in total. The summed E-state index contributed by atoms with van der Waals surface area (Å²) in [6.45, 7) is 6.60. The lowest BCUT2D eigenvalue weighted by Crippen LogP contribution is -2.43. The number of hydrogen-bond acceptors (Lipinski definition) is 2. The molecule has 0 amide bonds. The van der Waals surface area contributed by atoms with Crippen LogP contribution >= 0.6 is 0 Å². The average molecular weight is 224 g/mol. The van der Waals surface area contributed by atoms with Crippen LogP contribution in [0.2, 0.25) is 0 Å². The van der Waals surface area contributed by atoms with E-state index in [1.807, 2.05) is 0 Å². The van der Waals surface area contributed by atoms with Gasteiger partial charge in [0.15, 0.2) is 5.78 Å². The van der Waals surface area contributed by atoms with Crippen molar-refractivity contribution in [2.45, 2.75) is 59.0 Å². The molecule has 16 heavy (non-hydrogen) atoms. The Balaban J connectivity index is 2.01. The van der Waals surface area contributed by atoms with Gasteiger partial charge < -0.3 is 5.11 Å². The van der Waals surface area contributed by atoms with Crippen molar-refractivity contribution < 1.29 is 9.90 Å². The van der Waals surface area contributed by atoms with Gasteiger partial charge in [0.05, 0.1) is 0 Å². The van der Waals surface area contributed by atoms with Crippen LogP contribution in [0, 0.1) is 23.2 Å². The van der Waals surface area contributed by atoms with E-state index in [9.17, 15) is 9.90 Å². The molecule has 0 aliphatic heterocycles. The predicted molar refractivity (Wildman–Crippen MR) is 64.0 cm³/mol. The third kappa shape index (κ3) is 2.17. The fourth-order valence-electron chi connectivity index (χ4n) is 3.28. The Morgan fingerprint density at radius 2 is 2.06 bits per heavy atom. The molecule has 0 bridgehead atoms. The van der Waals surface area contributed by atoms with Crippen LogP contribution in [0.5, 0.6) is 0 Å². The van der Waals surface area contributed by atoms with Crippen LogP contribution < -0.4 is 0 Å². The highest BCUT2D eigenvalue weighted by atomic mass is 16.3. The highest BCUT2D eigenvalue weighted by Crippen LogP contribution is 2.50. The molecule has 2 fully saturated rings. The summed E-state index contributed by atoms with van der Waals surface area (Å²) in [7, 11) is 0. The smallest absolute Gasteiger partial charge is 0.164 e. The molecular formula is C14H24O2. The Hall–Kier alpha value is -0.370. The van der Waals surface area contributed by atoms with Crippen LogP contribution in [0.15, 0.2) is 0 Å². The normalized spacial score (nSPS) is 42.1. The summed E-state index contributed by atoms with van der Waals surface area (Å²) >= 11 is 0. The van der Waals surface area contributed by atoms with Crippen molar-refractivity contribution in [2.24, 2.45) is 23.2 Å². The van der Waals surface area contributed by atoms with Gasteiger partial charge in [0.25, 0.3) is 0 Å². The number of hydrogen-bond donors (Lipinski definition) is 1. The number of aliphatic hydroxyl groups is 1. The Kier molecular flexibility index (Phi) is 3.13. The molecule has 2 rings (SSSR count). The molecule has 92 valence electrons. The summed E-state index contributed by atoms with van der Waals surface area (Å²) in [6.07, 6.45) is 4.51. The average Bonchev–Trinajstić information content (AvgIpc) is 2.98. The van der Waals surface area contributed by atoms with Gasteiger partial charge in [0.1, 0.15) is 6.10 Å². The van der Waals surface area contributed by atoms with Crippen LogP contribution in [-0.2, 0) is 4.79 Å². The molecule has 0 radical (unpaired) electrons. The minimum absolute atomic E-state index is 0.0944. The topological polar surface area (TPSA) is 37.3 Å². The van der Waals surface area contributed by atoms with E-state index in [1.54, 1.807) is 0 Å². The van der Waals surface area contributed by atoms with Crippen LogP contribution in [0.3, 0.4) is 0 Å². The second kappa shape index (κ2) is 4.14. The summed E-state index contributed by atoms with van der Waals surface area (Å²) < 4.78 is 0. The third-order valence-corrected chi connectivity index (χ3v) is 4.81. The Morgan fingerprint density at radius 3 is 2.62 bits per heavy atom. The van der Waals surface area contributed by atoms with Gasteiger partial charge in [0, 0.05) is 5.92 Å². The van der Waals surface area contributed by atoms with Crippen molar-refractivity contribution >= 4 is 5.78 Å². The molecular weight excluding hydrogens is 200 g/mol. The Bertz CT molecular complexity index is 282. The van der Waals surface area contributed by atoms with E-state index in [-0.39, 0.29) is 17.1 Å². The number of ketones is 1. The van der Waals surface area contributed by atoms with Crippen molar-refractivity contribution in [3.05, 3.63) is 0 Å². The summed E-state index contributed by atoms with van der Waals surface area (Å²) in [5.41, 5.74) is 0.0944. The Morgan fingerprint density at radius 1 is 1.38 bits per heavy atom. The Labute approximate surface area is 98.4 Å². The van der Waals surface area contributed by atoms with E-state index in [0.717, 1.165) is 24.7 Å². The van der Waals surface area contributed by atoms with Crippen molar-refractivity contribution in [3.8, 4) is 0 Å². The fraction of sp³-hybridized carbons (Fsp3) is 0.929. The number of Topliss-reactive ketones (excluding diaryl/α,β-unsaturated/α-hetero) is 1. The maximum atomic E-state index is 12.0. The first-order valence-electron chi connectivity index (χ1n) is 6.67. The molecule has 2 saturated carbocycles. The maximum absolute atomic E-state index is 12.0. The van der Waals surface area contributed by atoms with E-state index in [0.29, 0.717) is 6.42 Å². The second-order valence-corrected chi connectivity index (χ2v) is 6.40. The van der Waals surface area contributed by atoms with Crippen LogP contribution in [0.25, 0.3) is 0 Å². The van der Waals surface area contributed by atoms with Crippen molar-refractivity contribution in [1.29, 1.82) is 0 Å². The monoisotopic (exact) mass is 224 g/mol. The molecule has 1 N–H and O–H groups in total. The second-order valence-electron chi connectivity index (χ2n) is 6.40. The van der Waals surface area contributed by atoms with Crippen LogP contribution in [-0.4, -0.2) is 17.0 Å². The molecule has 0 aromatic rings. The van der Waals surface area contributed by atoms with Crippen molar-refractivity contribution in [2.75, 3.05) is 0 Å². The minimum atomic E-state index is -0.683. The summed E-state index contributed by atoms with van der Waals surface area (Å²) in [6, 6.07) is 0. The number of aliphatic hydroxyl groups excluding tert-OH is 1. The third-order valence-electron chi connectivity index (χ3n) is 4.81. The number of carbonyl (C=O) groups excluding carboxylic acids is 1. The maximum Gasteiger partial charge on any atom is 0.164 e. The first kappa shape index (κ1) is 12.1. The largest absolute Gasteiger partial charge is 0.385 e. The lowest BCUT2D eigenvalue weighted by Gasteiger charge is -2.39. The first-order valence-corrected chi connectivity index (χ1v) is 6.67. The molecule has 0 heterocycles. The van der Waals surface area contributed by atoms with E-state index >= 15 is 0 Å². The lowest BCUT2D eigenvalue weighted by atomic mass is 9.65. The van der Waals surface area contributed by atoms with Gasteiger partial charge in [-0.2, -0.15) is 0 Å². The van der Waals surface area contributed by atoms with Crippen molar-refractivity contribution in [3.63, 3.8) is 0 Å². The number of carbonyl (C=O) groups is 1. The molecule has 0 saturated heterocycles. The van der Waals surface area contributed by atoms with Gasteiger partial charge in [0.2, 0.25) is 0 Å². The van der Waals surface area contributed by atoms with Gasteiger partial charge in [-0.15, -0.1) is 0 Å². The standard InChI is InChI=1S/C14H24O2/c1-4-9-7-10(9)8-11-13(16)12(15)5-6-14(11,2)3/h9-12,15H,4-8H2,1-3H3. The predicted octanol–water partition coefficient (Wildman–Crippen LogP) is 2.79. The molecule has 0 spiro atoms. The quantitative estimate of drug-likeness (QED) is 0.800. The van der Waals surface area contributed by atoms with Gasteiger partial charge >= 0.3 is 0 Å². The molecule has 4 atom stereocenters.